The Morgan fingerprint density at radius 1 is 1.25 bits per heavy atom. The molecule has 0 saturated heterocycles. The smallest absolute Gasteiger partial charge is 0.146 e. The van der Waals surface area contributed by atoms with Gasteiger partial charge in [-0.25, -0.2) is 4.98 Å². The predicted octanol–water partition coefficient (Wildman–Crippen LogP) is 1.30. The summed E-state index contributed by atoms with van der Waals surface area (Å²) < 4.78 is 10.5. The number of hydrogen-bond donors (Lipinski definition) is 2. The predicted molar refractivity (Wildman–Crippen MR) is 62.0 cm³/mol. The zero-order chi connectivity index (χ0) is 11.5. The molecule has 0 atom stereocenters. The molecule has 0 bridgehead atoms. The highest BCUT2D eigenvalue weighted by Gasteiger charge is 2.11. The van der Waals surface area contributed by atoms with E-state index in [1.54, 1.807) is 14.2 Å². The Labute approximate surface area is 93.8 Å². The maximum absolute atomic E-state index is 5.27. The zero-order valence-corrected chi connectivity index (χ0v) is 9.63. The van der Waals surface area contributed by atoms with Crippen LogP contribution in [0.5, 0.6) is 11.5 Å². The highest BCUT2D eigenvalue weighted by Crippen LogP contribution is 2.30. The van der Waals surface area contributed by atoms with Gasteiger partial charge in [0.25, 0.3) is 0 Å². The largest absolute Gasteiger partial charge is 0.494 e. The topological polar surface area (TPSA) is 59.2 Å². The van der Waals surface area contributed by atoms with Crippen LogP contribution in [0.1, 0.15) is 5.82 Å². The molecular weight excluding hydrogens is 206 g/mol. The summed E-state index contributed by atoms with van der Waals surface area (Å²) >= 11 is 0. The maximum Gasteiger partial charge on any atom is 0.146 e. The van der Waals surface area contributed by atoms with E-state index in [4.69, 9.17) is 9.47 Å². The summed E-state index contributed by atoms with van der Waals surface area (Å²) in [5, 5.41) is 3.04. The summed E-state index contributed by atoms with van der Waals surface area (Å²) in [5.74, 6) is 2.38. The molecule has 5 heteroatoms. The Balaban J connectivity index is 2.60. The number of aromatic nitrogens is 2. The molecule has 0 aliphatic rings. The molecule has 0 aliphatic carbocycles. The highest BCUT2D eigenvalue weighted by molar-refractivity contribution is 5.87. The fraction of sp³-hybridized carbons (Fsp3) is 0.364. The van der Waals surface area contributed by atoms with Crippen LogP contribution in [0.4, 0.5) is 0 Å². The number of imidazole rings is 1. The van der Waals surface area contributed by atoms with Crippen molar-refractivity contribution in [3.8, 4) is 11.5 Å². The number of fused-ring (bicyclic) bond motifs is 1. The van der Waals surface area contributed by atoms with E-state index in [0.717, 1.165) is 28.4 Å². The fourth-order valence-corrected chi connectivity index (χ4v) is 1.68. The third kappa shape index (κ3) is 1.69. The summed E-state index contributed by atoms with van der Waals surface area (Å²) in [5.41, 5.74) is 1.67. The van der Waals surface area contributed by atoms with Gasteiger partial charge in [0.2, 0.25) is 0 Å². The van der Waals surface area contributed by atoms with Gasteiger partial charge in [-0.15, -0.1) is 0 Å². The van der Waals surface area contributed by atoms with Crippen molar-refractivity contribution < 1.29 is 9.47 Å². The molecule has 2 aromatic rings. The normalized spacial score (nSPS) is 10.7. The minimum absolute atomic E-state index is 0.682. The lowest BCUT2D eigenvalue weighted by molar-refractivity contribution is 0.409. The molecule has 16 heavy (non-hydrogen) atoms. The maximum atomic E-state index is 5.27. The molecule has 5 nitrogen and oxygen atoms in total. The lowest BCUT2D eigenvalue weighted by Crippen LogP contribution is -2.06. The second kappa shape index (κ2) is 4.40. The van der Waals surface area contributed by atoms with Crippen LogP contribution in [-0.2, 0) is 6.54 Å². The number of methoxy groups -OCH3 is 2. The molecule has 86 valence electrons. The number of rotatable bonds is 4. The van der Waals surface area contributed by atoms with Crippen molar-refractivity contribution in [2.75, 3.05) is 21.3 Å². The third-order valence-electron chi connectivity index (χ3n) is 2.40. The SMILES string of the molecule is CNCc1nc2c(OC)ccc(OC)c2[nH]1. The molecule has 1 heterocycles. The molecule has 0 unspecified atom stereocenters. The monoisotopic (exact) mass is 221 g/mol. The van der Waals surface area contributed by atoms with Gasteiger partial charge in [0.15, 0.2) is 0 Å². The second-order valence-electron chi connectivity index (χ2n) is 3.41. The zero-order valence-electron chi connectivity index (χ0n) is 9.63. The number of nitrogens with one attached hydrogen (secondary N) is 2. The van der Waals surface area contributed by atoms with E-state index < -0.39 is 0 Å². The van der Waals surface area contributed by atoms with Crippen LogP contribution >= 0.6 is 0 Å². The van der Waals surface area contributed by atoms with Gasteiger partial charge in [-0.3, -0.25) is 0 Å². The Morgan fingerprint density at radius 3 is 2.56 bits per heavy atom. The van der Waals surface area contributed by atoms with Crippen LogP contribution in [-0.4, -0.2) is 31.2 Å². The second-order valence-corrected chi connectivity index (χ2v) is 3.41. The molecule has 1 aromatic carbocycles. The number of ether oxygens (including phenoxy) is 2. The van der Waals surface area contributed by atoms with Gasteiger partial charge in [-0.1, -0.05) is 0 Å². The number of H-pyrrole nitrogens is 1. The molecule has 2 rings (SSSR count). The Morgan fingerprint density at radius 2 is 1.94 bits per heavy atom. The first-order valence-corrected chi connectivity index (χ1v) is 5.04. The van der Waals surface area contributed by atoms with Crippen LogP contribution < -0.4 is 14.8 Å². The standard InChI is InChI=1S/C11H15N3O2/c1-12-6-9-13-10-7(15-2)4-5-8(16-3)11(10)14-9/h4-5,12H,6H2,1-3H3,(H,13,14). The number of benzene rings is 1. The van der Waals surface area contributed by atoms with Crippen molar-refractivity contribution in [2.45, 2.75) is 6.54 Å². The quantitative estimate of drug-likeness (QED) is 0.817. The molecule has 0 aliphatic heterocycles. The highest BCUT2D eigenvalue weighted by atomic mass is 16.5. The Hall–Kier alpha value is -1.75. The number of aromatic amines is 1. The van der Waals surface area contributed by atoms with Crippen molar-refractivity contribution in [1.82, 2.24) is 15.3 Å². The number of nitrogens with zero attached hydrogens (tertiary/aromatic N) is 1. The van der Waals surface area contributed by atoms with E-state index in [1.807, 2.05) is 19.2 Å². The summed E-state index contributed by atoms with van der Waals surface area (Å²) in [4.78, 5) is 7.67. The van der Waals surface area contributed by atoms with Gasteiger partial charge in [0.1, 0.15) is 28.4 Å². The van der Waals surface area contributed by atoms with Gasteiger partial charge in [-0.2, -0.15) is 0 Å². The van der Waals surface area contributed by atoms with Crippen molar-refractivity contribution in [2.24, 2.45) is 0 Å². The average Bonchev–Trinajstić information content (AvgIpc) is 2.71. The van der Waals surface area contributed by atoms with Crippen molar-refractivity contribution in [3.63, 3.8) is 0 Å². The molecule has 2 N–H and O–H groups in total. The Bertz CT molecular complexity index is 452. The van der Waals surface area contributed by atoms with E-state index in [2.05, 4.69) is 15.3 Å². The Kier molecular flexibility index (Phi) is 2.96. The first-order valence-electron chi connectivity index (χ1n) is 5.04. The molecule has 0 radical (unpaired) electrons. The lowest BCUT2D eigenvalue weighted by atomic mass is 10.2. The van der Waals surface area contributed by atoms with E-state index >= 15 is 0 Å². The minimum atomic E-state index is 0.682. The van der Waals surface area contributed by atoms with Gasteiger partial charge >= 0.3 is 0 Å². The van der Waals surface area contributed by atoms with Crippen LogP contribution in [0, 0.1) is 0 Å². The minimum Gasteiger partial charge on any atom is -0.494 e. The molecule has 1 aromatic heterocycles. The van der Waals surface area contributed by atoms with Gasteiger partial charge in [0, 0.05) is 0 Å². The molecular formula is C11H15N3O2. The van der Waals surface area contributed by atoms with Crippen LogP contribution in [0.3, 0.4) is 0 Å². The van der Waals surface area contributed by atoms with Gasteiger partial charge in [0.05, 0.1) is 20.8 Å². The van der Waals surface area contributed by atoms with Crippen molar-refractivity contribution in [1.29, 1.82) is 0 Å². The van der Waals surface area contributed by atoms with Crippen molar-refractivity contribution >= 4 is 11.0 Å². The summed E-state index contributed by atoms with van der Waals surface area (Å²) in [6.07, 6.45) is 0. The summed E-state index contributed by atoms with van der Waals surface area (Å²) in [6, 6.07) is 3.72. The first-order chi connectivity index (χ1) is 7.80. The first kappa shape index (κ1) is 10.8. The van der Waals surface area contributed by atoms with Gasteiger partial charge < -0.3 is 19.8 Å². The van der Waals surface area contributed by atoms with E-state index in [0.29, 0.717) is 6.54 Å². The summed E-state index contributed by atoms with van der Waals surface area (Å²) in [6.45, 7) is 0.682. The van der Waals surface area contributed by atoms with Crippen LogP contribution in [0.25, 0.3) is 11.0 Å². The average molecular weight is 221 g/mol. The molecule has 0 spiro atoms. The van der Waals surface area contributed by atoms with Crippen LogP contribution in [0.15, 0.2) is 12.1 Å². The molecule has 0 amide bonds. The third-order valence-corrected chi connectivity index (χ3v) is 2.40. The van der Waals surface area contributed by atoms with Crippen LogP contribution in [0.2, 0.25) is 0 Å². The molecule has 0 fully saturated rings. The van der Waals surface area contributed by atoms with E-state index in [9.17, 15) is 0 Å². The van der Waals surface area contributed by atoms with Crippen molar-refractivity contribution in [3.05, 3.63) is 18.0 Å². The molecule has 0 saturated carbocycles. The van der Waals surface area contributed by atoms with E-state index in [-0.39, 0.29) is 0 Å². The van der Waals surface area contributed by atoms with Gasteiger partial charge in [-0.05, 0) is 19.2 Å². The lowest BCUT2D eigenvalue weighted by Gasteiger charge is -2.04. The summed E-state index contributed by atoms with van der Waals surface area (Å²) in [7, 11) is 5.15. The fourth-order valence-electron chi connectivity index (χ4n) is 1.68. The van der Waals surface area contributed by atoms with E-state index in [1.165, 1.54) is 0 Å². The number of hydrogen-bond acceptors (Lipinski definition) is 4.